The van der Waals surface area contributed by atoms with Gasteiger partial charge in [-0.15, -0.1) is 4.48 Å². The van der Waals surface area contributed by atoms with Crippen molar-refractivity contribution < 1.29 is 17.3 Å². The zero-order chi connectivity index (χ0) is 15.3. The molecule has 0 aromatic heterocycles. The lowest BCUT2D eigenvalue weighted by Gasteiger charge is -2.13. The van der Waals surface area contributed by atoms with Gasteiger partial charge < -0.3 is 0 Å². The first-order chi connectivity index (χ1) is 10.00. The molecule has 0 heterocycles. The Morgan fingerprint density at radius 1 is 1.10 bits per heavy atom. The van der Waals surface area contributed by atoms with Crippen molar-refractivity contribution in [3.8, 4) is 0 Å². The molecular weight excluding hydrogens is 296 g/mol. The first-order valence-electron chi connectivity index (χ1n) is 7.44. The van der Waals surface area contributed by atoms with Crippen molar-refractivity contribution >= 4 is 10.0 Å². The maximum Gasteiger partial charge on any atom is 0.269 e. The van der Waals surface area contributed by atoms with Gasteiger partial charge in [0.15, 0.2) is 0 Å². The Morgan fingerprint density at radius 3 is 2.33 bits per heavy atom. The standard InChI is InChI=1S/C15H21F2NO2S/c16-14-8-10-15(11-9-14)21(19,20)18(17)12-4-3-7-13-5-1-2-6-13/h8-11,13H,1-7,12H2. The zero-order valence-electron chi connectivity index (χ0n) is 12.0. The number of hydrogen-bond donors (Lipinski definition) is 0. The predicted octanol–water partition coefficient (Wildman–Crippen LogP) is 4.06. The molecule has 1 aliphatic rings. The molecule has 0 atom stereocenters. The molecule has 1 fully saturated rings. The summed E-state index contributed by atoms with van der Waals surface area (Å²) in [5, 5.41) is 0. The maximum absolute atomic E-state index is 13.8. The zero-order valence-corrected chi connectivity index (χ0v) is 12.8. The van der Waals surface area contributed by atoms with Crippen LogP contribution in [0.3, 0.4) is 0 Å². The molecule has 1 aliphatic carbocycles. The Hall–Kier alpha value is -1.01. The molecule has 0 amide bonds. The van der Waals surface area contributed by atoms with E-state index in [1.165, 1.54) is 25.7 Å². The van der Waals surface area contributed by atoms with Crippen molar-refractivity contribution in [1.82, 2.24) is 4.53 Å². The summed E-state index contributed by atoms with van der Waals surface area (Å²) in [5.41, 5.74) is 0. The summed E-state index contributed by atoms with van der Waals surface area (Å²) in [7, 11) is -4.16. The summed E-state index contributed by atoms with van der Waals surface area (Å²) >= 11 is 0. The number of nitrogens with zero attached hydrogens (tertiary/aromatic N) is 1. The highest BCUT2D eigenvalue weighted by molar-refractivity contribution is 7.89. The van der Waals surface area contributed by atoms with Crippen molar-refractivity contribution in [2.24, 2.45) is 5.92 Å². The molecule has 1 saturated carbocycles. The highest BCUT2D eigenvalue weighted by atomic mass is 32.2. The van der Waals surface area contributed by atoms with Gasteiger partial charge in [-0.05, 0) is 41.1 Å². The third kappa shape index (κ3) is 4.48. The molecule has 0 spiro atoms. The Bertz CT molecular complexity index is 539. The van der Waals surface area contributed by atoms with Gasteiger partial charge in [-0.2, -0.15) is 0 Å². The smallest absolute Gasteiger partial charge is 0.207 e. The Labute approximate surface area is 124 Å². The third-order valence-electron chi connectivity index (χ3n) is 4.04. The van der Waals surface area contributed by atoms with E-state index >= 15 is 0 Å². The summed E-state index contributed by atoms with van der Waals surface area (Å²) in [6.45, 7) is -0.146. The normalized spacial score (nSPS) is 16.7. The summed E-state index contributed by atoms with van der Waals surface area (Å²) in [6, 6.07) is 4.19. The van der Waals surface area contributed by atoms with Crippen LogP contribution in [-0.2, 0) is 10.0 Å². The summed E-state index contributed by atoms with van der Waals surface area (Å²) < 4.78 is 50.3. The average Bonchev–Trinajstić information content (AvgIpc) is 2.97. The van der Waals surface area contributed by atoms with Crippen LogP contribution in [0.1, 0.15) is 44.9 Å². The molecule has 118 valence electrons. The van der Waals surface area contributed by atoms with Crippen LogP contribution in [0.4, 0.5) is 8.87 Å². The van der Waals surface area contributed by atoms with Gasteiger partial charge in [-0.25, -0.2) is 12.8 Å². The SMILES string of the molecule is O=S(=O)(c1ccc(F)cc1)N(F)CCCCC1CCCC1. The summed E-state index contributed by atoms with van der Waals surface area (Å²) in [5.74, 6) is 0.183. The number of sulfonamides is 1. The quantitative estimate of drug-likeness (QED) is 0.562. The molecule has 0 saturated heterocycles. The second kappa shape index (κ2) is 7.31. The highest BCUT2D eigenvalue weighted by Crippen LogP contribution is 2.29. The van der Waals surface area contributed by atoms with E-state index in [9.17, 15) is 17.3 Å². The minimum absolute atomic E-state index is 0.130. The number of unbranched alkanes of at least 4 members (excludes halogenated alkanes) is 1. The van der Waals surface area contributed by atoms with Gasteiger partial charge >= 0.3 is 0 Å². The Balaban J connectivity index is 1.81. The largest absolute Gasteiger partial charge is 0.269 e. The molecule has 0 bridgehead atoms. The second-order valence-electron chi connectivity index (χ2n) is 5.62. The van der Waals surface area contributed by atoms with Gasteiger partial charge in [-0.1, -0.05) is 38.5 Å². The molecule has 6 heteroatoms. The van der Waals surface area contributed by atoms with E-state index in [0.717, 1.165) is 43.0 Å². The minimum atomic E-state index is -4.16. The highest BCUT2D eigenvalue weighted by Gasteiger charge is 2.24. The van der Waals surface area contributed by atoms with E-state index in [1.807, 2.05) is 0 Å². The predicted molar refractivity (Wildman–Crippen MR) is 77.2 cm³/mol. The van der Waals surface area contributed by atoms with Crippen molar-refractivity contribution in [1.29, 1.82) is 0 Å². The maximum atomic E-state index is 13.8. The first-order valence-corrected chi connectivity index (χ1v) is 8.88. The van der Waals surface area contributed by atoms with E-state index in [0.29, 0.717) is 6.42 Å². The van der Waals surface area contributed by atoms with Crippen molar-refractivity contribution in [2.75, 3.05) is 6.54 Å². The molecule has 3 nitrogen and oxygen atoms in total. The molecule has 0 aliphatic heterocycles. The van der Waals surface area contributed by atoms with Gasteiger partial charge in [0, 0.05) is 6.54 Å². The lowest BCUT2D eigenvalue weighted by atomic mass is 10.0. The van der Waals surface area contributed by atoms with Gasteiger partial charge in [0.1, 0.15) is 5.82 Å². The molecule has 21 heavy (non-hydrogen) atoms. The van der Waals surface area contributed by atoms with E-state index < -0.39 is 15.8 Å². The van der Waals surface area contributed by atoms with Crippen LogP contribution >= 0.6 is 0 Å². The van der Waals surface area contributed by atoms with Crippen LogP contribution in [0.15, 0.2) is 29.2 Å². The van der Waals surface area contributed by atoms with E-state index in [2.05, 4.69) is 0 Å². The molecule has 2 rings (SSSR count). The second-order valence-corrected chi connectivity index (χ2v) is 7.43. The van der Waals surface area contributed by atoms with Crippen LogP contribution in [0.25, 0.3) is 0 Å². The monoisotopic (exact) mass is 317 g/mol. The van der Waals surface area contributed by atoms with Crippen molar-refractivity contribution in [3.63, 3.8) is 0 Å². The number of halogens is 2. The van der Waals surface area contributed by atoms with Crippen molar-refractivity contribution in [3.05, 3.63) is 30.1 Å². The molecular formula is C15H21F2NO2S. The topological polar surface area (TPSA) is 37.4 Å². The molecule has 1 aromatic carbocycles. The van der Waals surface area contributed by atoms with Crippen LogP contribution in [0, 0.1) is 11.7 Å². The fourth-order valence-electron chi connectivity index (χ4n) is 2.81. The lowest BCUT2D eigenvalue weighted by Crippen LogP contribution is -2.24. The van der Waals surface area contributed by atoms with Gasteiger partial charge in [0.2, 0.25) is 0 Å². The number of hydrogen-bond acceptors (Lipinski definition) is 2. The molecule has 0 N–H and O–H groups in total. The fraction of sp³-hybridized carbons (Fsp3) is 0.600. The number of rotatable bonds is 7. The number of benzene rings is 1. The Morgan fingerprint density at radius 2 is 1.71 bits per heavy atom. The van der Waals surface area contributed by atoms with Gasteiger partial charge in [0.25, 0.3) is 10.0 Å². The lowest BCUT2D eigenvalue weighted by molar-refractivity contribution is 0.135. The Kier molecular flexibility index (Phi) is 5.70. The van der Waals surface area contributed by atoms with Crippen LogP contribution < -0.4 is 0 Å². The van der Waals surface area contributed by atoms with E-state index in [1.54, 1.807) is 0 Å². The summed E-state index contributed by atoms with van der Waals surface area (Å²) in [6.07, 6.45) is 7.43. The molecule has 0 unspecified atom stereocenters. The van der Waals surface area contributed by atoms with Crippen molar-refractivity contribution in [2.45, 2.75) is 49.8 Å². The first kappa shape index (κ1) is 16.4. The van der Waals surface area contributed by atoms with Gasteiger partial charge in [-0.3, -0.25) is 0 Å². The third-order valence-corrected chi connectivity index (χ3v) is 5.62. The van der Waals surface area contributed by atoms with E-state index in [4.69, 9.17) is 0 Å². The molecule has 0 radical (unpaired) electrons. The van der Waals surface area contributed by atoms with E-state index in [-0.39, 0.29) is 16.0 Å². The fourth-order valence-corrected chi connectivity index (χ4v) is 3.89. The van der Waals surface area contributed by atoms with Crippen LogP contribution in [0.2, 0.25) is 0 Å². The molecule has 1 aromatic rings. The minimum Gasteiger partial charge on any atom is -0.207 e. The summed E-state index contributed by atoms with van der Waals surface area (Å²) in [4.78, 5) is -0.220. The van der Waals surface area contributed by atoms with Gasteiger partial charge in [0.05, 0.1) is 4.90 Å². The van der Waals surface area contributed by atoms with Crippen LogP contribution in [0.5, 0.6) is 0 Å². The average molecular weight is 317 g/mol. The van der Waals surface area contributed by atoms with Crippen LogP contribution in [-0.4, -0.2) is 19.5 Å².